The maximum absolute atomic E-state index is 13.3. The second kappa shape index (κ2) is 6.58. The Morgan fingerprint density at radius 2 is 1.52 bits per heavy atom. The summed E-state index contributed by atoms with van der Waals surface area (Å²) in [6, 6.07) is 9.97. The molecule has 0 amide bonds. The Balaban J connectivity index is 2.06. The van der Waals surface area contributed by atoms with Crippen LogP contribution in [0.3, 0.4) is 0 Å². The predicted molar refractivity (Wildman–Crippen MR) is 76.1 cm³/mol. The first kappa shape index (κ1) is 16.0. The van der Waals surface area contributed by atoms with Gasteiger partial charge in [0.1, 0.15) is 5.82 Å². The second-order valence-corrected chi connectivity index (χ2v) is 5.26. The van der Waals surface area contributed by atoms with Crippen molar-refractivity contribution < 1.29 is 17.6 Å². The van der Waals surface area contributed by atoms with Crippen molar-refractivity contribution in [3.05, 3.63) is 69.4 Å². The third kappa shape index (κ3) is 4.04. The van der Waals surface area contributed by atoms with Gasteiger partial charge in [0.15, 0.2) is 0 Å². The van der Waals surface area contributed by atoms with Gasteiger partial charge >= 0.3 is 6.18 Å². The number of benzene rings is 2. The molecule has 0 unspecified atom stereocenters. The Morgan fingerprint density at radius 3 is 2.24 bits per heavy atom. The molecule has 0 atom stereocenters. The van der Waals surface area contributed by atoms with Gasteiger partial charge in [0.2, 0.25) is 0 Å². The van der Waals surface area contributed by atoms with Crippen molar-refractivity contribution >= 4 is 15.9 Å². The van der Waals surface area contributed by atoms with Gasteiger partial charge in [-0.1, -0.05) is 30.3 Å². The Bertz CT molecular complexity index is 625. The van der Waals surface area contributed by atoms with Crippen LogP contribution in [-0.2, 0) is 19.3 Å². The minimum absolute atomic E-state index is 0.0542. The topological polar surface area (TPSA) is 12.0 Å². The molecule has 0 aliphatic rings. The molecule has 0 heterocycles. The van der Waals surface area contributed by atoms with E-state index >= 15 is 0 Å². The number of hydrogen-bond donors (Lipinski definition) is 1. The maximum Gasteiger partial charge on any atom is 0.416 e. The van der Waals surface area contributed by atoms with Crippen LogP contribution in [-0.4, -0.2) is 0 Å². The van der Waals surface area contributed by atoms with Crippen LogP contribution in [0.25, 0.3) is 0 Å². The van der Waals surface area contributed by atoms with Crippen LogP contribution in [0.2, 0.25) is 0 Å². The van der Waals surface area contributed by atoms with Crippen LogP contribution in [0, 0.1) is 5.82 Å². The van der Waals surface area contributed by atoms with Gasteiger partial charge in [-0.25, -0.2) is 4.39 Å². The summed E-state index contributed by atoms with van der Waals surface area (Å²) < 4.78 is 52.1. The van der Waals surface area contributed by atoms with E-state index in [1.54, 1.807) is 18.2 Å². The molecule has 0 fully saturated rings. The molecular formula is C15H12BrF4N. The molecule has 0 radical (unpaired) electrons. The lowest BCUT2D eigenvalue weighted by Crippen LogP contribution is -2.17. The van der Waals surface area contributed by atoms with Crippen LogP contribution in [0.15, 0.2) is 46.9 Å². The van der Waals surface area contributed by atoms with E-state index in [1.807, 2.05) is 0 Å². The lowest BCUT2D eigenvalue weighted by atomic mass is 10.1. The summed E-state index contributed by atoms with van der Waals surface area (Å²) in [5, 5.41) is 2.90. The fraction of sp³-hybridized carbons (Fsp3) is 0.200. The summed E-state index contributed by atoms with van der Waals surface area (Å²) in [6.45, 7) is 0.323. The van der Waals surface area contributed by atoms with Gasteiger partial charge in [-0.05, 0) is 39.2 Å². The highest BCUT2D eigenvalue weighted by atomic mass is 79.9. The van der Waals surface area contributed by atoms with Crippen LogP contribution < -0.4 is 5.32 Å². The molecule has 0 saturated carbocycles. The summed E-state index contributed by atoms with van der Waals surface area (Å²) in [5.74, 6) is -0.398. The third-order valence-electron chi connectivity index (χ3n) is 2.99. The van der Waals surface area contributed by atoms with E-state index in [1.165, 1.54) is 18.2 Å². The number of hydrogen-bond acceptors (Lipinski definition) is 1. The summed E-state index contributed by atoms with van der Waals surface area (Å²) in [5.41, 5.74) is 0.160. The van der Waals surface area contributed by atoms with Gasteiger partial charge in [-0.2, -0.15) is 13.2 Å². The van der Waals surface area contributed by atoms with Crippen LogP contribution >= 0.6 is 15.9 Å². The fourth-order valence-corrected chi connectivity index (χ4v) is 2.37. The highest BCUT2D eigenvalue weighted by Crippen LogP contribution is 2.31. The number of nitrogens with one attached hydrogen (secondary N) is 1. The van der Waals surface area contributed by atoms with Gasteiger partial charge in [0, 0.05) is 13.1 Å². The minimum Gasteiger partial charge on any atom is -0.309 e. The molecule has 0 bridgehead atoms. The average molecular weight is 362 g/mol. The monoisotopic (exact) mass is 361 g/mol. The van der Waals surface area contributed by atoms with E-state index < -0.39 is 17.6 Å². The smallest absolute Gasteiger partial charge is 0.309 e. The summed E-state index contributed by atoms with van der Waals surface area (Å²) in [7, 11) is 0. The summed E-state index contributed by atoms with van der Waals surface area (Å²) >= 11 is 3.12. The van der Waals surface area contributed by atoms with Crippen LogP contribution in [0.4, 0.5) is 17.6 Å². The average Bonchev–Trinajstić information content (AvgIpc) is 2.43. The number of alkyl halides is 3. The molecule has 1 nitrogen and oxygen atoms in total. The maximum atomic E-state index is 13.3. The van der Waals surface area contributed by atoms with Gasteiger partial charge < -0.3 is 5.32 Å². The first-order chi connectivity index (χ1) is 9.89. The highest BCUT2D eigenvalue weighted by molar-refractivity contribution is 9.10. The Labute approximate surface area is 128 Å². The Kier molecular flexibility index (Phi) is 5.00. The van der Waals surface area contributed by atoms with Crippen molar-refractivity contribution in [2.24, 2.45) is 0 Å². The molecule has 6 heteroatoms. The zero-order chi connectivity index (χ0) is 15.5. The second-order valence-electron chi connectivity index (χ2n) is 4.47. The van der Waals surface area contributed by atoms with E-state index in [2.05, 4.69) is 21.2 Å². The predicted octanol–water partition coefficient (Wildman–Crippen LogP) is 4.90. The molecule has 1 N–H and O–H groups in total. The zero-order valence-electron chi connectivity index (χ0n) is 10.8. The summed E-state index contributed by atoms with van der Waals surface area (Å²) in [6.07, 6.45) is -4.38. The Hall–Kier alpha value is -1.40. The summed E-state index contributed by atoms with van der Waals surface area (Å²) in [4.78, 5) is 0. The molecule has 2 aromatic carbocycles. The van der Waals surface area contributed by atoms with Crippen molar-refractivity contribution in [2.75, 3.05) is 0 Å². The van der Waals surface area contributed by atoms with E-state index in [-0.39, 0.29) is 18.7 Å². The van der Waals surface area contributed by atoms with Crippen molar-refractivity contribution in [1.29, 1.82) is 0 Å². The normalized spacial score (nSPS) is 11.7. The first-order valence-electron chi connectivity index (χ1n) is 6.18. The lowest BCUT2D eigenvalue weighted by Gasteiger charge is -2.13. The van der Waals surface area contributed by atoms with E-state index in [0.29, 0.717) is 10.0 Å². The quantitative estimate of drug-likeness (QED) is 0.764. The molecule has 112 valence electrons. The third-order valence-corrected chi connectivity index (χ3v) is 3.87. The van der Waals surface area contributed by atoms with Gasteiger partial charge in [-0.3, -0.25) is 0 Å². The van der Waals surface area contributed by atoms with E-state index in [0.717, 1.165) is 6.07 Å². The highest BCUT2D eigenvalue weighted by Gasteiger charge is 2.32. The first-order valence-corrected chi connectivity index (χ1v) is 6.97. The van der Waals surface area contributed by atoms with Gasteiger partial charge in [0.25, 0.3) is 0 Å². The molecule has 2 aromatic rings. The van der Waals surface area contributed by atoms with Gasteiger partial charge in [0.05, 0.1) is 10.0 Å². The van der Waals surface area contributed by atoms with Crippen molar-refractivity contribution in [1.82, 2.24) is 5.32 Å². The van der Waals surface area contributed by atoms with Crippen molar-refractivity contribution in [3.63, 3.8) is 0 Å². The van der Waals surface area contributed by atoms with Crippen molar-refractivity contribution in [2.45, 2.75) is 19.3 Å². The lowest BCUT2D eigenvalue weighted by molar-refractivity contribution is -0.138. The largest absolute Gasteiger partial charge is 0.416 e. The zero-order valence-corrected chi connectivity index (χ0v) is 12.4. The number of halogens is 5. The van der Waals surface area contributed by atoms with E-state index in [4.69, 9.17) is 0 Å². The molecule has 2 rings (SSSR count). The Morgan fingerprint density at radius 1 is 0.905 bits per heavy atom. The number of rotatable bonds is 4. The fourth-order valence-electron chi connectivity index (χ4n) is 1.97. The van der Waals surface area contributed by atoms with Crippen LogP contribution in [0.1, 0.15) is 16.7 Å². The molecule has 0 aliphatic heterocycles. The minimum atomic E-state index is -4.38. The molecule has 0 aromatic heterocycles. The van der Waals surface area contributed by atoms with Gasteiger partial charge in [-0.15, -0.1) is 0 Å². The standard InChI is InChI=1S/C15H12BrF4N/c16-14-11(5-3-7-13(14)17)9-21-8-10-4-1-2-6-12(10)15(18,19)20/h1-7,21H,8-9H2. The molecule has 0 saturated heterocycles. The SMILES string of the molecule is Fc1cccc(CNCc2ccccc2C(F)(F)F)c1Br. The van der Waals surface area contributed by atoms with Crippen molar-refractivity contribution in [3.8, 4) is 0 Å². The molecule has 21 heavy (non-hydrogen) atoms. The molecule has 0 aliphatic carbocycles. The molecular weight excluding hydrogens is 350 g/mol. The van der Waals surface area contributed by atoms with E-state index in [9.17, 15) is 17.6 Å². The molecule has 0 spiro atoms. The van der Waals surface area contributed by atoms with Crippen LogP contribution in [0.5, 0.6) is 0 Å².